The van der Waals surface area contributed by atoms with E-state index in [1.165, 1.54) is 26.2 Å². The van der Waals surface area contributed by atoms with E-state index in [1.54, 1.807) is 6.92 Å². The number of hydrogen-bond acceptors (Lipinski definition) is 2. The molecule has 2 aliphatic rings. The number of alkyl halides is 8. The fourth-order valence-corrected chi connectivity index (χ4v) is 3.52. The highest BCUT2D eigenvalue weighted by atomic mass is 19.4. The molecule has 4 nitrogen and oxygen atoms in total. The highest BCUT2D eigenvalue weighted by molar-refractivity contribution is 5.78. The fraction of sp³-hybridized carbons (Fsp3) is 0.926. The van der Waals surface area contributed by atoms with Crippen LogP contribution in [0.15, 0.2) is 0 Å². The van der Waals surface area contributed by atoms with E-state index >= 15 is 0 Å². The number of nitrogens with zero attached hydrogens (tertiary/aromatic N) is 2. The van der Waals surface area contributed by atoms with Crippen molar-refractivity contribution in [2.45, 2.75) is 139 Å². The first kappa shape index (κ1) is 50.2. The Hall–Kier alpha value is -1.62. The molecule has 2 saturated heterocycles. The van der Waals surface area contributed by atoms with Crippen molar-refractivity contribution < 1.29 is 44.7 Å². The van der Waals surface area contributed by atoms with E-state index in [1.807, 2.05) is 4.90 Å². The second-order valence-electron chi connectivity index (χ2n) is 8.42. The minimum Gasteiger partial charge on any atom is -0.340 e. The molecule has 2 rings (SSSR count). The molecule has 0 radical (unpaired) electrons. The Balaban J connectivity index is -0.000000106. The van der Waals surface area contributed by atoms with Gasteiger partial charge in [0.15, 0.2) is 0 Å². The first-order valence-corrected chi connectivity index (χ1v) is 11.9. The van der Waals surface area contributed by atoms with Gasteiger partial charge in [0.1, 0.15) is 0 Å². The van der Waals surface area contributed by atoms with Gasteiger partial charge in [-0.05, 0) is 39.5 Å². The highest BCUT2D eigenvalue weighted by Crippen LogP contribution is 2.39. The maximum Gasteiger partial charge on any atom is 0.453 e. The monoisotopic (exact) mass is 592 g/mol. The van der Waals surface area contributed by atoms with Crippen LogP contribution in [-0.4, -0.2) is 72.5 Å². The van der Waals surface area contributed by atoms with Gasteiger partial charge in [0.25, 0.3) is 0 Å². The zero-order valence-corrected chi connectivity index (χ0v) is 21.1. The summed E-state index contributed by atoms with van der Waals surface area (Å²) in [4.78, 5) is 25.6. The quantitative estimate of drug-likeness (QED) is 0.263. The summed E-state index contributed by atoms with van der Waals surface area (Å²) in [5.74, 6) is -4.74. The molecule has 2 heterocycles. The zero-order chi connectivity index (χ0) is 27.7. The van der Waals surface area contributed by atoms with Crippen LogP contribution in [0.1, 0.15) is 115 Å². The Bertz CT molecular complexity index is 576. The van der Waals surface area contributed by atoms with Gasteiger partial charge >= 0.3 is 12.1 Å². The number of unbranched alkanes of at least 4 members (excludes halogenated alkanes) is 1. The lowest BCUT2D eigenvalue weighted by Crippen LogP contribution is -2.44. The smallest absolute Gasteiger partial charge is 0.340 e. The van der Waals surface area contributed by atoms with Gasteiger partial charge in [0.05, 0.1) is 6.67 Å². The number of rotatable bonds is 8. The molecule has 2 fully saturated rings. The van der Waals surface area contributed by atoms with Gasteiger partial charge in [-0.3, -0.25) is 14.0 Å². The maximum absolute atomic E-state index is 12.7. The van der Waals surface area contributed by atoms with E-state index < -0.39 is 31.5 Å². The molecule has 0 spiro atoms. The topological polar surface area (TPSA) is 40.6 Å². The molecular weight excluding hydrogens is 536 g/mol. The van der Waals surface area contributed by atoms with Crippen LogP contribution in [0.25, 0.3) is 0 Å². The summed E-state index contributed by atoms with van der Waals surface area (Å²) in [6.07, 6.45) is -0.0553. The largest absolute Gasteiger partial charge is 0.453 e. The van der Waals surface area contributed by atoms with Gasteiger partial charge in [-0.1, -0.05) is 56.4 Å². The molecule has 12 heteroatoms. The Morgan fingerprint density at radius 2 is 1.10 bits per heavy atom. The number of amides is 2. The van der Waals surface area contributed by atoms with Crippen molar-refractivity contribution in [1.29, 1.82) is 0 Å². The van der Waals surface area contributed by atoms with Gasteiger partial charge in [-0.15, -0.1) is 0 Å². The summed E-state index contributed by atoms with van der Waals surface area (Å²) >= 11 is 0. The standard InChI is InChI=1S/C10H19NO.C9H12F5NO.C3H7F.CH2F2.4CH4/c1-3-4-6-9(2)11-8-5-7-10(11)12;1-6(15-4-2-3-7(15)16)5-8(10,11)9(12,13)14;1-2-3-4;2-1-3;;;;/h9H,3-8H2,1-2H3;6H,2-5H2,1H3;2-3H2,1H3;1H2;4*1H4. The molecule has 0 aliphatic carbocycles. The van der Waals surface area contributed by atoms with Gasteiger partial charge in [-0.25, -0.2) is 8.78 Å². The number of hydrogen-bond donors (Lipinski definition) is 0. The molecule has 0 saturated carbocycles. The molecule has 2 amide bonds. The van der Waals surface area contributed by atoms with E-state index in [2.05, 4.69) is 13.8 Å². The zero-order valence-electron chi connectivity index (χ0n) is 21.1. The summed E-state index contributed by atoms with van der Waals surface area (Å²) in [6.45, 7) is 6.69. The van der Waals surface area contributed by atoms with Crippen molar-refractivity contribution in [2.75, 3.05) is 26.7 Å². The molecular formula is C27H56F8N2O2. The SMILES string of the molecule is C.C.C.C.CC(CC(F)(F)C(F)(F)F)N1CCCC1=O.CCCCC(C)N1CCCC1=O.CCCF.FCF. The van der Waals surface area contributed by atoms with E-state index in [4.69, 9.17) is 0 Å². The van der Waals surface area contributed by atoms with E-state index in [0.717, 1.165) is 24.3 Å². The average Bonchev–Trinajstić information content (AvgIpc) is 3.40. The lowest BCUT2D eigenvalue weighted by atomic mass is 10.1. The van der Waals surface area contributed by atoms with Crippen LogP contribution in [0.5, 0.6) is 0 Å². The molecule has 2 aliphatic heterocycles. The van der Waals surface area contributed by atoms with Gasteiger partial charge in [-0.2, -0.15) is 22.0 Å². The van der Waals surface area contributed by atoms with Crippen molar-refractivity contribution in [1.82, 2.24) is 9.80 Å². The van der Waals surface area contributed by atoms with Crippen molar-refractivity contribution in [3.8, 4) is 0 Å². The third-order valence-corrected chi connectivity index (χ3v) is 5.42. The van der Waals surface area contributed by atoms with Crippen LogP contribution in [0.3, 0.4) is 0 Å². The fourth-order valence-electron chi connectivity index (χ4n) is 3.52. The third kappa shape index (κ3) is 20.9. The molecule has 2 unspecified atom stereocenters. The lowest BCUT2D eigenvalue weighted by molar-refractivity contribution is -0.287. The molecule has 39 heavy (non-hydrogen) atoms. The molecule has 0 aromatic carbocycles. The van der Waals surface area contributed by atoms with Crippen LogP contribution < -0.4 is 0 Å². The van der Waals surface area contributed by atoms with Crippen molar-refractivity contribution in [2.24, 2.45) is 0 Å². The minimum atomic E-state index is -5.55. The lowest BCUT2D eigenvalue weighted by Gasteiger charge is -2.29. The van der Waals surface area contributed by atoms with Gasteiger partial charge < -0.3 is 9.80 Å². The molecule has 0 N–H and O–H groups in total. The second-order valence-corrected chi connectivity index (χ2v) is 8.42. The molecule has 0 aromatic heterocycles. The molecule has 242 valence electrons. The van der Waals surface area contributed by atoms with Crippen molar-refractivity contribution >= 4 is 11.8 Å². The number of carbonyl (C=O) groups excluding carboxylic acids is 2. The third-order valence-electron chi connectivity index (χ3n) is 5.42. The van der Waals surface area contributed by atoms with Crippen LogP contribution in [0.4, 0.5) is 35.1 Å². The van der Waals surface area contributed by atoms with Crippen LogP contribution in [-0.2, 0) is 9.59 Å². The van der Waals surface area contributed by atoms with Crippen LogP contribution >= 0.6 is 0 Å². The highest BCUT2D eigenvalue weighted by Gasteiger charge is 2.58. The summed E-state index contributed by atoms with van der Waals surface area (Å²) in [5.41, 5.74) is 0. The number of carbonyl (C=O) groups is 2. The van der Waals surface area contributed by atoms with E-state index in [0.29, 0.717) is 24.8 Å². The Labute approximate surface area is 232 Å². The maximum atomic E-state index is 12.7. The van der Waals surface area contributed by atoms with Crippen molar-refractivity contribution in [3.63, 3.8) is 0 Å². The summed E-state index contributed by atoms with van der Waals surface area (Å²) in [5, 5.41) is 0. The van der Waals surface area contributed by atoms with Crippen LogP contribution in [0.2, 0.25) is 0 Å². The molecule has 2 atom stereocenters. The molecule has 0 bridgehead atoms. The first-order chi connectivity index (χ1) is 16.2. The number of halogens is 8. The summed E-state index contributed by atoms with van der Waals surface area (Å²) in [7, 11) is 0. The normalized spacial score (nSPS) is 15.8. The number of likely N-dealkylation sites (tertiary alicyclic amines) is 2. The Morgan fingerprint density at radius 3 is 1.36 bits per heavy atom. The second kappa shape index (κ2) is 26.6. The van der Waals surface area contributed by atoms with Gasteiger partial charge in [0, 0.05) is 44.4 Å². The molecule has 0 aromatic rings. The average molecular weight is 593 g/mol. The van der Waals surface area contributed by atoms with E-state index in [-0.39, 0.29) is 55.3 Å². The summed E-state index contributed by atoms with van der Waals surface area (Å²) in [6, 6.07) is -0.619. The Morgan fingerprint density at radius 1 is 0.744 bits per heavy atom. The summed E-state index contributed by atoms with van der Waals surface area (Å²) < 4.78 is 91.1. The van der Waals surface area contributed by atoms with Crippen LogP contribution in [0, 0.1) is 0 Å². The predicted octanol–water partition coefficient (Wildman–Crippen LogP) is 9.57. The van der Waals surface area contributed by atoms with Gasteiger partial charge in [0.2, 0.25) is 18.7 Å². The predicted molar refractivity (Wildman–Crippen MR) is 146 cm³/mol. The minimum absolute atomic E-state index is 0. The van der Waals surface area contributed by atoms with Crippen molar-refractivity contribution in [3.05, 3.63) is 0 Å². The first-order valence-electron chi connectivity index (χ1n) is 11.9. The van der Waals surface area contributed by atoms with E-state index in [9.17, 15) is 44.7 Å². The Kier molecular flexibility index (Phi) is 34.3.